The molecule has 1 aromatic rings. The topological polar surface area (TPSA) is 64.3 Å². The lowest BCUT2D eigenvalue weighted by molar-refractivity contribution is 0.0936. The number of hydrogen-bond acceptors (Lipinski definition) is 3. The van der Waals surface area contributed by atoms with Crippen LogP contribution in [0.15, 0.2) is 18.2 Å². The van der Waals surface area contributed by atoms with Gasteiger partial charge in [-0.3, -0.25) is 4.79 Å². The molecule has 0 heterocycles. The van der Waals surface area contributed by atoms with E-state index in [9.17, 15) is 9.18 Å². The summed E-state index contributed by atoms with van der Waals surface area (Å²) in [5, 5.41) is 2.66. The van der Waals surface area contributed by atoms with E-state index in [0.717, 1.165) is 0 Å². The summed E-state index contributed by atoms with van der Waals surface area (Å²) in [6.45, 7) is 4.13. The summed E-state index contributed by atoms with van der Waals surface area (Å²) in [4.78, 5) is 11.8. The third kappa shape index (κ3) is 4.16. The molecule has 0 fully saturated rings. The molecule has 1 amide bonds. The van der Waals surface area contributed by atoms with Crippen LogP contribution in [0.1, 0.15) is 24.2 Å². The van der Waals surface area contributed by atoms with E-state index >= 15 is 0 Å². The molecule has 102 valence electrons. The Labute approximate surface area is 112 Å². The van der Waals surface area contributed by atoms with Crippen molar-refractivity contribution in [1.82, 2.24) is 5.32 Å². The standard InChI is InChI=1S/C12H17FN2O2.ClH/c1-3-17-11-9(5-4-6-10(11)13)12(16)15-8(2)7-14;/h4-6,8H,3,7,14H2,1-2H3,(H,15,16);1H/t8-;/m0./s1. The molecule has 0 saturated heterocycles. The highest BCUT2D eigenvalue weighted by Crippen LogP contribution is 2.22. The molecule has 0 bridgehead atoms. The molecule has 0 spiro atoms. The van der Waals surface area contributed by atoms with E-state index in [1.54, 1.807) is 13.8 Å². The summed E-state index contributed by atoms with van der Waals surface area (Å²) < 4.78 is 18.6. The maximum atomic E-state index is 13.5. The fraction of sp³-hybridized carbons (Fsp3) is 0.417. The molecule has 0 aliphatic rings. The maximum absolute atomic E-state index is 13.5. The number of halogens is 2. The number of hydrogen-bond donors (Lipinski definition) is 2. The van der Waals surface area contributed by atoms with Gasteiger partial charge in [0.1, 0.15) is 0 Å². The van der Waals surface area contributed by atoms with Crippen molar-refractivity contribution in [3.8, 4) is 5.75 Å². The summed E-state index contributed by atoms with van der Waals surface area (Å²) >= 11 is 0. The van der Waals surface area contributed by atoms with Gasteiger partial charge in [-0.25, -0.2) is 4.39 Å². The first kappa shape index (κ1) is 16.7. The van der Waals surface area contributed by atoms with Crippen molar-refractivity contribution < 1.29 is 13.9 Å². The minimum atomic E-state index is -0.542. The van der Waals surface area contributed by atoms with Gasteiger partial charge in [0.2, 0.25) is 0 Å². The van der Waals surface area contributed by atoms with E-state index in [-0.39, 0.29) is 35.7 Å². The van der Waals surface area contributed by atoms with Crippen LogP contribution in [0.4, 0.5) is 4.39 Å². The molecule has 18 heavy (non-hydrogen) atoms. The normalized spacial score (nSPS) is 11.3. The average Bonchev–Trinajstić information content (AvgIpc) is 2.31. The van der Waals surface area contributed by atoms with Gasteiger partial charge in [0.25, 0.3) is 5.91 Å². The van der Waals surface area contributed by atoms with Crippen LogP contribution >= 0.6 is 12.4 Å². The van der Waals surface area contributed by atoms with Gasteiger partial charge >= 0.3 is 0 Å². The zero-order valence-electron chi connectivity index (χ0n) is 10.4. The van der Waals surface area contributed by atoms with Gasteiger partial charge in [-0.15, -0.1) is 12.4 Å². The lowest BCUT2D eigenvalue weighted by Gasteiger charge is -2.14. The van der Waals surface area contributed by atoms with Crippen LogP contribution in [-0.2, 0) is 0 Å². The van der Waals surface area contributed by atoms with Crippen molar-refractivity contribution in [3.05, 3.63) is 29.6 Å². The Balaban J connectivity index is 0.00000289. The Morgan fingerprint density at radius 3 is 2.78 bits per heavy atom. The minimum absolute atomic E-state index is 0. The highest BCUT2D eigenvalue weighted by molar-refractivity contribution is 5.97. The minimum Gasteiger partial charge on any atom is -0.490 e. The zero-order valence-corrected chi connectivity index (χ0v) is 11.2. The van der Waals surface area contributed by atoms with Gasteiger partial charge in [-0.2, -0.15) is 0 Å². The number of nitrogens with one attached hydrogen (secondary N) is 1. The Morgan fingerprint density at radius 1 is 1.56 bits per heavy atom. The monoisotopic (exact) mass is 276 g/mol. The van der Waals surface area contributed by atoms with Crippen LogP contribution in [0.25, 0.3) is 0 Å². The predicted molar refractivity (Wildman–Crippen MR) is 70.8 cm³/mol. The summed E-state index contributed by atoms with van der Waals surface area (Å²) in [6, 6.07) is 4.08. The number of rotatable bonds is 5. The molecule has 1 atom stereocenters. The fourth-order valence-electron chi connectivity index (χ4n) is 1.34. The number of carbonyl (C=O) groups excluding carboxylic acids is 1. The largest absolute Gasteiger partial charge is 0.490 e. The van der Waals surface area contributed by atoms with E-state index in [1.807, 2.05) is 0 Å². The first-order chi connectivity index (χ1) is 8.10. The molecule has 0 unspecified atom stereocenters. The molecule has 0 aromatic heterocycles. The molecular weight excluding hydrogens is 259 g/mol. The van der Waals surface area contributed by atoms with E-state index in [1.165, 1.54) is 18.2 Å². The third-order valence-corrected chi connectivity index (χ3v) is 2.23. The van der Waals surface area contributed by atoms with Crippen molar-refractivity contribution >= 4 is 18.3 Å². The molecule has 0 aliphatic heterocycles. The van der Waals surface area contributed by atoms with Crippen LogP contribution in [-0.4, -0.2) is 25.1 Å². The lowest BCUT2D eigenvalue weighted by atomic mass is 10.1. The van der Waals surface area contributed by atoms with Crippen molar-refractivity contribution in [2.24, 2.45) is 5.73 Å². The highest BCUT2D eigenvalue weighted by Gasteiger charge is 2.17. The zero-order chi connectivity index (χ0) is 12.8. The molecule has 6 heteroatoms. The molecule has 1 aromatic carbocycles. The summed E-state index contributed by atoms with van der Waals surface area (Å²) in [6.07, 6.45) is 0. The molecule has 4 nitrogen and oxygen atoms in total. The van der Waals surface area contributed by atoms with Crippen molar-refractivity contribution in [3.63, 3.8) is 0 Å². The number of ether oxygens (including phenoxy) is 1. The van der Waals surface area contributed by atoms with Gasteiger partial charge in [-0.05, 0) is 26.0 Å². The summed E-state index contributed by atoms with van der Waals surface area (Å²) in [7, 11) is 0. The molecule has 3 N–H and O–H groups in total. The predicted octanol–water partition coefficient (Wildman–Crippen LogP) is 1.72. The van der Waals surface area contributed by atoms with E-state index in [2.05, 4.69) is 5.32 Å². The van der Waals surface area contributed by atoms with Crippen LogP contribution in [0.2, 0.25) is 0 Å². The van der Waals surface area contributed by atoms with Gasteiger partial charge < -0.3 is 15.8 Å². The number of benzene rings is 1. The first-order valence-electron chi connectivity index (χ1n) is 5.52. The Bertz CT molecular complexity index is 402. The average molecular weight is 277 g/mol. The lowest BCUT2D eigenvalue weighted by Crippen LogP contribution is -2.38. The second-order valence-corrected chi connectivity index (χ2v) is 3.66. The van der Waals surface area contributed by atoms with Crippen molar-refractivity contribution in [1.29, 1.82) is 0 Å². The van der Waals surface area contributed by atoms with Crippen LogP contribution in [0.3, 0.4) is 0 Å². The summed E-state index contributed by atoms with van der Waals surface area (Å²) in [5.74, 6) is -0.942. The molecule has 0 aliphatic carbocycles. The quantitative estimate of drug-likeness (QED) is 0.861. The van der Waals surface area contributed by atoms with Crippen LogP contribution < -0.4 is 15.8 Å². The second-order valence-electron chi connectivity index (χ2n) is 3.66. The number of para-hydroxylation sites is 1. The van der Waals surface area contributed by atoms with E-state index in [0.29, 0.717) is 13.2 Å². The van der Waals surface area contributed by atoms with Gasteiger partial charge in [0.15, 0.2) is 11.6 Å². The maximum Gasteiger partial charge on any atom is 0.255 e. The van der Waals surface area contributed by atoms with Gasteiger partial charge in [0.05, 0.1) is 12.2 Å². The molecular formula is C12H18ClFN2O2. The van der Waals surface area contributed by atoms with Gasteiger partial charge in [0, 0.05) is 12.6 Å². The Hall–Kier alpha value is -1.33. The Kier molecular flexibility index (Phi) is 7.31. The summed E-state index contributed by atoms with van der Waals surface area (Å²) in [5.41, 5.74) is 5.59. The molecule has 0 radical (unpaired) electrons. The van der Waals surface area contributed by atoms with Crippen molar-refractivity contribution in [2.75, 3.05) is 13.2 Å². The number of nitrogens with two attached hydrogens (primary N) is 1. The molecule has 1 rings (SSSR count). The fourth-order valence-corrected chi connectivity index (χ4v) is 1.34. The number of amides is 1. The first-order valence-corrected chi connectivity index (χ1v) is 5.52. The third-order valence-electron chi connectivity index (χ3n) is 2.23. The van der Waals surface area contributed by atoms with Crippen LogP contribution in [0.5, 0.6) is 5.75 Å². The second kappa shape index (κ2) is 7.89. The van der Waals surface area contributed by atoms with E-state index < -0.39 is 5.82 Å². The van der Waals surface area contributed by atoms with Crippen molar-refractivity contribution in [2.45, 2.75) is 19.9 Å². The SMILES string of the molecule is CCOc1c(F)cccc1C(=O)N[C@@H](C)CN.Cl. The smallest absolute Gasteiger partial charge is 0.255 e. The van der Waals surface area contributed by atoms with Gasteiger partial charge in [-0.1, -0.05) is 6.07 Å². The van der Waals surface area contributed by atoms with Crippen LogP contribution in [0, 0.1) is 5.82 Å². The number of carbonyl (C=O) groups is 1. The highest BCUT2D eigenvalue weighted by atomic mass is 35.5. The molecule has 0 saturated carbocycles. The van der Waals surface area contributed by atoms with E-state index in [4.69, 9.17) is 10.5 Å². The Morgan fingerprint density at radius 2 is 2.22 bits per heavy atom.